The topological polar surface area (TPSA) is 75.3 Å². The van der Waals surface area contributed by atoms with Gasteiger partial charge in [0.2, 0.25) is 15.9 Å². The fourth-order valence-electron chi connectivity index (χ4n) is 1.95. The minimum atomic E-state index is -3.89. The van der Waals surface area contributed by atoms with E-state index in [9.17, 15) is 22.0 Å². The van der Waals surface area contributed by atoms with Gasteiger partial charge in [-0.3, -0.25) is 4.79 Å². The second-order valence-corrected chi connectivity index (χ2v) is 6.73. The Balaban J connectivity index is 2.02. The fraction of sp³-hybridized carbons (Fsp3) is 0.188. The average Bonchev–Trinajstić information content (AvgIpc) is 2.56. The van der Waals surface area contributed by atoms with Crippen LogP contribution in [0.3, 0.4) is 0 Å². The van der Waals surface area contributed by atoms with Crippen molar-refractivity contribution in [1.29, 1.82) is 0 Å². The lowest BCUT2D eigenvalue weighted by atomic mass is 10.2. The third-order valence-corrected chi connectivity index (χ3v) is 4.71. The number of carbonyl (C=O) groups excluding carboxylic acids is 1. The van der Waals surface area contributed by atoms with Crippen LogP contribution >= 0.6 is 0 Å². The van der Waals surface area contributed by atoms with Crippen LogP contribution in [0, 0.1) is 11.6 Å². The highest BCUT2D eigenvalue weighted by Crippen LogP contribution is 2.17. The van der Waals surface area contributed by atoms with Crippen LogP contribution in [0.25, 0.3) is 0 Å². The van der Waals surface area contributed by atoms with Gasteiger partial charge in [-0.2, -0.15) is 0 Å². The van der Waals surface area contributed by atoms with E-state index in [1.807, 2.05) is 12.2 Å². The third-order valence-electron chi connectivity index (χ3n) is 3.29. The van der Waals surface area contributed by atoms with Crippen molar-refractivity contribution >= 4 is 21.6 Å². The summed E-state index contributed by atoms with van der Waals surface area (Å²) in [5.41, 5.74) is 0.357. The van der Waals surface area contributed by atoms with Crippen molar-refractivity contribution in [3.8, 4) is 0 Å². The summed E-state index contributed by atoms with van der Waals surface area (Å²) in [5.74, 6) is -2.77. The van der Waals surface area contributed by atoms with Crippen molar-refractivity contribution in [2.75, 3.05) is 11.9 Å². The lowest BCUT2D eigenvalue weighted by Gasteiger charge is -2.09. The van der Waals surface area contributed by atoms with Crippen LogP contribution < -0.4 is 10.0 Å². The second-order valence-electron chi connectivity index (χ2n) is 4.97. The molecule has 0 heterocycles. The van der Waals surface area contributed by atoms with E-state index in [1.54, 1.807) is 12.1 Å². The van der Waals surface area contributed by atoms with Crippen molar-refractivity contribution in [1.82, 2.24) is 4.72 Å². The minimum Gasteiger partial charge on any atom is -0.320 e. The zero-order valence-corrected chi connectivity index (χ0v) is 13.7. The quantitative estimate of drug-likeness (QED) is 0.837. The maximum Gasteiger partial charge on any atom is 0.241 e. The predicted molar refractivity (Wildman–Crippen MR) is 86.0 cm³/mol. The molecule has 0 aromatic heterocycles. The molecular formula is C16H16F2N2O3S. The first-order valence-corrected chi connectivity index (χ1v) is 8.64. The molecule has 2 aromatic rings. The summed E-state index contributed by atoms with van der Waals surface area (Å²) in [4.78, 5) is 11.7. The summed E-state index contributed by atoms with van der Waals surface area (Å²) in [5, 5.41) is 2.00. The minimum absolute atomic E-state index is 0.00423. The molecule has 2 rings (SSSR count). The van der Waals surface area contributed by atoms with E-state index in [0.29, 0.717) is 0 Å². The predicted octanol–water partition coefficient (Wildman–Crippen LogP) is 2.44. The Morgan fingerprint density at radius 1 is 1.04 bits per heavy atom. The molecule has 2 N–H and O–H groups in total. The number of anilines is 1. The Kier molecular flexibility index (Phi) is 5.63. The van der Waals surface area contributed by atoms with Crippen LogP contribution in [0.5, 0.6) is 0 Å². The molecule has 2 aromatic carbocycles. The van der Waals surface area contributed by atoms with E-state index < -0.39 is 39.8 Å². The molecule has 0 saturated carbocycles. The summed E-state index contributed by atoms with van der Waals surface area (Å²) in [6, 6.07) is 9.32. The van der Waals surface area contributed by atoms with Gasteiger partial charge >= 0.3 is 0 Å². The van der Waals surface area contributed by atoms with E-state index in [-0.39, 0.29) is 4.90 Å². The number of hydrogen-bond acceptors (Lipinski definition) is 3. The number of carbonyl (C=O) groups is 1. The number of rotatable bonds is 6. The second kappa shape index (κ2) is 7.50. The Labute approximate surface area is 138 Å². The molecule has 5 nitrogen and oxygen atoms in total. The molecule has 0 fully saturated rings. The van der Waals surface area contributed by atoms with E-state index in [0.717, 1.165) is 30.2 Å². The number of hydrogen-bond donors (Lipinski definition) is 2. The summed E-state index contributed by atoms with van der Waals surface area (Å²) in [6.07, 6.45) is 0.768. The normalized spacial score (nSPS) is 11.3. The first-order chi connectivity index (χ1) is 11.3. The molecule has 0 unspecified atom stereocenters. The highest BCUT2D eigenvalue weighted by molar-refractivity contribution is 7.89. The number of sulfonamides is 1. The lowest BCUT2D eigenvalue weighted by Crippen LogP contribution is -2.33. The highest BCUT2D eigenvalue weighted by atomic mass is 32.2. The van der Waals surface area contributed by atoms with E-state index in [2.05, 4.69) is 4.72 Å². The van der Waals surface area contributed by atoms with E-state index in [4.69, 9.17) is 0 Å². The number of nitrogens with one attached hydrogen (secondary N) is 2. The molecule has 0 radical (unpaired) electrons. The van der Waals surface area contributed by atoms with Crippen LogP contribution in [0.4, 0.5) is 14.5 Å². The summed E-state index contributed by atoms with van der Waals surface area (Å²) in [7, 11) is -3.89. The Morgan fingerprint density at radius 3 is 2.17 bits per heavy atom. The first-order valence-electron chi connectivity index (χ1n) is 7.16. The van der Waals surface area contributed by atoms with Gasteiger partial charge in [0.15, 0.2) is 0 Å². The van der Waals surface area contributed by atoms with Crippen molar-refractivity contribution in [2.24, 2.45) is 0 Å². The maximum absolute atomic E-state index is 13.4. The van der Waals surface area contributed by atoms with Gasteiger partial charge in [0.1, 0.15) is 17.3 Å². The van der Waals surface area contributed by atoms with E-state index in [1.165, 1.54) is 12.1 Å². The van der Waals surface area contributed by atoms with Crippen molar-refractivity contribution in [3.63, 3.8) is 0 Å². The maximum atomic E-state index is 13.4. The zero-order chi connectivity index (χ0) is 17.7. The number of amides is 1. The molecule has 0 aliphatic rings. The molecular weight excluding hydrogens is 338 g/mol. The Hall–Kier alpha value is -2.32. The average molecular weight is 354 g/mol. The van der Waals surface area contributed by atoms with Gasteiger partial charge in [-0.1, -0.05) is 25.1 Å². The smallest absolute Gasteiger partial charge is 0.241 e. The lowest BCUT2D eigenvalue weighted by molar-refractivity contribution is -0.115. The van der Waals surface area contributed by atoms with Crippen LogP contribution in [0.2, 0.25) is 0 Å². The number of para-hydroxylation sites is 1. The first kappa shape index (κ1) is 18.0. The van der Waals surface area contributed by atoms with Gasteiger partial charge in [-0.05, 0) is 36.2 Å². The summed E-state index contributed by atoms with van der Waals surface area (Å²) >= 11 is 0. The Morgan fingerprint density at radius 2 is 1.62 bits per heavy atom. The third kappa shape index (κ3) is 4.36. The molecule has 0 aliphatic carbocycles. The molecule has 1 amide bonds. The standard InChI is InChI=1S/C16H16F2N2O3S/c1-2-11-6-8-12(9-7-11)24(22,23)19-10-15(21)20-16-13(17)4-3-5-14(16)18/h3-9,19H,2,10H2,1H3,(H,20,21). The van der Waals surface area contributed by atoms with Gasteiger partial charge in [0.25, 0.3) is 0 Å². The molecule has 128 valence electrons. The van der Waals surface area contributed by atoms with Gasteiger partial charge in [-0.15, -0.1) is 0 Å². The monoisotopic (exact) mass is 354 g/mol. The molecule has 0 saturated heterocycles. The summed E-state index contributed by atoms with van der Waals surface area (Å²) < 4.78 is 53.1. The molecule has 0 spiro atoms. The van der Waals surface area contributed by atoms with Gasteiger partial charge < -0.3 is 5.32 Å². The van der Waals surface area contributed by atoms with Crippen LogP contribution in [0.1, 0.15) is 12.5 Å². The van der Waals surface area contributed by atoms with Crippen molar-refractivity contribution in [3.05, 3.63) is 59.7 Å². The Bertz CT molecular complexity index is 817. The number of benzene rings is 2. The van der Waals surface area contributed by atoms with Crippen LogP contribution in [-0.4, -0.2) is 20.9 Å². The van der Waals surface area contributed by atoms with Gasteiger partial charge in [0.05, 0.1) is 11.4 Å². The van der Waals surface area contributed by atoms with Crippen molar-refractivity contribution in [2.45, 2.75) is 18.2 Å². The SMILES string of the molecule is CCc1ccc(S(=O)(=O)NCC(=O)Nc2c(F)cccc2F)cc1. The van der Waals surface area contributed by atoms with Crippen molar-refractivity contribution < 1.29 is 22.0 Å². The fourth-order valence-corrected chi connectivity index (χ4v) is 2.93. The molecule has 24 heavy (non-hydrogen) atoms. The van der Waals surface area contributed by atoms with Gasteiger partial charge in [0, 0.05) is 0 Å². The zero-order valence-electron chi connectivity index (χ0n) is 12.8. The summed E-state index contributed by atoms with van der Waals surface area (Å²) in [6.45, 7) is 1.29. The molecule has 0 atom stereocenters. The number of halogens is 2. The highest BCUT2D eigenvalue weighted by Gasteiger charge is 2.17. The number of aryl methyl sites for hydroxylation is 1. The van der Waals surface area contributed by atoms with E-state index >= 15 is 0 Å². The molecule has 0 aliphatic heterocycles. The molecule has 8 heteroatoms. The van der Waals surface area contributed by atoms with Crippen LogP contribution in [0.15, 0.2) is 47.4 Å². The van der Waals surface area contributed by atoms with Crippen LogP contribution in [-0.2, 0) is 21.2 Å². The molecule has 0 bridgehead atoms. The largest absolute Gasteiger partial charge is 0.320 e. The van der Waals surface area contributed by atoms with Gasteiger partial charge in [-0.25, -0.2) is 21.9 Å².